The van der Waals surface area contributed by atoms with Gasteiger partial charge in [-0.25, -0.2) is 0 Å². The highest BCUT2D eigenvalue weighted by atomic mass is 14.2. The van der Waals surface area contributed by atoms with E-state index in [9.17, 15) is 0 Å². The maximum Gasteiger partial charge on any atom is -0.00133 e. The van der Waals surface area contributed by atoms with Gasteiger partial charge in [-0.05, 0) is 84.7 Å². The number of hydrogen-bond acceptors (Lipinski definition) is 0. The van der Waals surface area contributed by atoms with Crippen LogP contribution in [0.1, 0.15) is 54.4 Å². The molecule has 0 unspecified atom stereocenters. The molecule has 1 aliphatic rings. The van der Waals surface area contributed by atoms with Crippen molar-refractivity contribution in [3.05, 3.63) is 84.0 Å². The van der Waals surface area contributed by atoms with Crippen LogP contribution in [0.3, 0.4) is 0 Å². The van der Waals surface area contributed by atoms with Crippen LogP contribution in [0.5, 0.6) is 0 Å². The van der Waals surface area contributed by atoms with Crippen molar-refractivity contribution in [3.8, 4) is 11.1 Å². The van der Waals surface area contributed by atoms with Crippen molar-refractivity contribution in [3.63, 3.8) is 0 Å². The SMILES string of the molecule is C=CCCCCc1ccc2c(c1)Cc1cc(CCCC=C)ccc1-2. The first-order valence-corrected chi connectivity index (χ1v) is 9.27. The molecule has 0 radical (unpaired) electrons. The molecule has 0 bridgehead atoms. The first kappa shape index (κ1) is 16.8. The minimum atomic E-state index is 1.10. The van der Waals surface area contributed by atoms with Gasteiger partial charge in [0.25, 0.3) is 0 Å². The second kappa shape index (κ2) is 8.15. The van der Waals surface area contributed by atoms with E-state index in [4.69, 9.17) is 0 Å². The summed E-state index contributed by atoms with van der Waals surface area (Å²) < 4.78 is 0. The molecule has 3 rings (SSSR count). The molecular formula is C24H28. The molecule has 0 amide bonds. The van der Waals surface area contributed by atoms with Crippen molar-refractivity contribution in [1.29, 1.82) is 0 Å². The maximum absolute atomic E-state index is 3.81. The third kappa shape index (κ3) is 3.87. The van der Waals surface area contributed by atoms with Crippen molar-refractivity contribution in [2.75, 3.05) is 0 Å². The van der Waals surface area contributed by atoms with Gasteiger partial charge >= 0.3 is 0 Å². The molecule has 0 heteroatoms. The topological polar surface area (TPSA) is 0 Å². The van der Waals surface area contributed by atoms with Gasteiger partial charge in [0.15, 0.2) is 0 Å². The highest BCUT2D eigenvalue weighted by Gasteiger charge is 2.18. The lowest BCUT2D eigenvalue weighted by atomic mass is 9.99. The van der Waals surface area contributed by atoms with Gasteiger partial charge in [0.1, 0.15) is 0 Å². The summed E-state index contributed by atoms with van der Waals surface area (Å²) >= 11 is 0. The second-order valence-electron chi connectivity index (χ2n) is 6.88. The molecule has 124 valence electrons. The summed E-state index contributed by atoms with van der Waals surface area (Å²) in [7, 11) is 0. The number of fused-ring (bicyclic) bond motifs is 3. The summed E-state index contributed by atoms with van der Waals surface area (Å²) in [5.74, 6) is 0. The van der Waals surface area contributed by atoms with Crippen molar-refractivity contribution in [2.45, 2.75) is 51.4 Å². The molecule has 0 fully saturated rings. The molecular weight excluding hydrogens is 288 g/mol. The van der Waals surface area contributed by atoms with E-state index >= 15 is 0 Å². The van der Waals surface area contributed by atoms with Crippen LogP contribution in [-0.2, 0) is 19.3 Å². The fraction of sp³-hybridized carbons (Fsp3) is 0.333. The first-order chi connectivity index (χ1) is 11.8. The molecule has 24 heavy (non-hydrogen) atoms. The van der Waals surface area contributed by atoms with Crippen LogP contribution in [0.4, 0.5) is 0 Å². The smallest absolute Gasteiger partial charge is 0.00133 e. The first-order valence-electron chi connectivity index (χ1n) is 9.27. The van der Waals surface area contributed by atoms with Gasteiger partial charge < -0.3 is 0 Å². The average molecular weight is 316 g/mol. The zero-order chi connectivity index (χ0) is 16.8. The van der Waals surface area contributed by atoms with E-state index in [1.165, 1.54) is 59.1 Å². The van der Waals surface area contributed by atoms with Gasteiger partial charge in [0, 0.05) is 0 Å². The normalized spacial score (nSPS) is 11.8. The van der Waals surface area contributed by atoms with Crippen molar-refractivity contribution in [2.24, 2.45) is 0 Å². The number of hydrogen-bond donors (Lipinski definition) is 0. The molecule has 2 aromatic rings. The van der Waals surface area contributed by atoms with E-state index in [0.717, 1.165) is 25.7 Å². The zero-order valence-electron chi connectivity index (χ0n) is 14.7. The molecule has 1 aliphatic carbocycles. The monoisotopic (exact) mass is 316 g/mol. The summed E-state index contributed by atoms with van der Waals surface area (Å²) in [4.78, 5) is 0. The molecule has 0 nitrogen and oxygen atoms in total. The summed E-state index contributed by atoms with van der Waals surface area (Å²) in [5, 5.41) is 0. The molecule has 0 saturated carbocycles. The Labute approximate surface area is 146 Å². The Hall–Kier alpha value is -2.08. The minimum Gasteiger partial charge on any atom is -0.103 e. The van der Waals surface area contributed by atoms with Crippen LogP contribution < -0.4 is 0 Å². The Morgan fingerprint density at radius 2 is 1.25 bits per heavy atom. The molecule has 0 aliphatic heterocycles. The third-order valence-corrected chi connectivity index (χ3v) is 5.01. The number of benzene rings is 2. The second-order valence-corrected chi connectivity index (χ2v) is 6.88. The lowest BCUT2D eigenvalue weighted by molar-refractivity contribution is 0.748. The molecule has 0 atom stereocenters. The standard InChI is InChI=1S/C24H28/c1-3-5-7-9-11-20-13-15-24-22(17-20)18-21-16-19(10-8-6-4-2)12-14-23(21)24/h3-4,12-17H,1-2,5-11,18H2. The summed E-state index contributed by atoms with van der Waals surface area (Å²) in [6, 6.07) is 14.1. The fourth-order valence-corrected chi connectivity index (χ4v) is 3.70. The Kier molecular flexibility index (Phi) is 5.69. The molecule has 0 aromatic heterocycles. The van der Waals surface area contributed by atoms with Crippen molar-refractivity contribution in [1.82, 2.24) is 0 Å². The Bertz CT molecular complexity index is 721. The van der Waals surface area contributed by atoms with Gasteiger partial charge in [-0.1, -0.05) is 48.6 Å². The largest absolute Gasteiger partial charge is 0.103 e. The Morgan fingerprint density at radius 3 is 1.83 bits per heavy atom. The van der Waals surface area contributed by atoms with Crippen LogP contribution in [0.2, 0.25) is 0 Å². The summed E-state index contributed by atoms with van der Waals surface area (Å²) in [6.07, 6.45) is 13.4. The molecule has 0 N–H and O–H groups in total. The summed E-state index contributed by atoms with van der Waals surface area (Å²) in [6.45, 7) is 7.61. The van der Waals surface area contributed by atoms with E-state index in [-0.39, 0.29) is 0 Å². The van der Waals surface area contributed by atoms with Gasteiger partial charge in [-0.2, -0.15) is 0 Å². The number of aryl methyl sites for hydroxylation is 2. The van der Waals surface area contributed by atoms with E-state index in [1.54, 1.807) is 0 Å². The molecule has 0 heterocycles. The van der Waals surface area contributed by atoms with Gasteiger partial charge in [0.2, 0.25) is 0 Å². The minimum absolute atomic E-state index is 1.10. The van der Waals surface area contributed by atoms with E-state index in [2.05, 4.69) is 49.6 Å². The van der Waals surface area contributed by atoms with Crippen LogP contribution in [-0.4, -0.2) is 0 Å². The van der Waals surface area contributed by atoms with Crippen LogP contribution >= 0.6 is 0 Å². The molecule has 0 saturated heterocycles. The van der Waals surface area contributed by atoms with E-state index in [0.29, 0.717) is 0 Å². The number of allylic oxidation sites excluding steroid dienone is 2. The van der Waals surface area contributed by atoms with Gasteiger partial charge in [-0.15, -0.1) is 13.2 Å². The highest BCUT2D eigenvalue weighted by molar-refractivity contribution is 5.77. The molecule has 2 aromatic carbocycles. The lowest BCUT2D eigenvalue weighted by Gasteiger charge is -2.06. The van der Waals surface area contributed by atoms with Crippen molar-refractivity contribution < 1.29 is 0 Å². The summed E-state index contributed by atoms with van der Waals surface area (Å²) in [5.41, 5.74) is 8.84. The third-order valence-electron chi connectivity index (χ3n) is 5.01. The maximum atomic E-state index is 3.81. The van der Waals surface area contributed by atoms with Crippen LogP contribution in [0.15, 0.2) is 61.7 Å². The Morgan fingerprint density at radius 1 is 0.708 bits per heavy atom. The zero-order valence-corrected chi connectivity index (χ0v) is 14.7. The quantitative estimate of drug-likeness (QED) is 0.305. The average Bonchev–Trinajstić information content (AvgIpc) is 2.96. The molecule has 0 spiro atoms. The van der Waals surface area contributed by atoms with Crippen LogP contribution in [0, 0.1) is 0 Å². The number of unbranched alkanes of at least 4 members (excludes halogenated alkanes) is 3. The fourth-order valence-electron chi connectivity index (χ4n) is 3.70. The number of rotatable bonds is 9. The van der Waals surface area contributed by atoms with E-state index in [1.807, 2.05) is 12.2 Å². The highest BCUT2D eigenvalue weighted by Crippen LogP contribution is 2.37. The predicted octanol–water partition coefficient (Wildman–Crippen LogP) is 6.67. The van der Waals surface area contributed by atoms with E-state index < -0.39 is 0 Å². The predicted molar refractivity (Wildman–Crippen MR) is 106 cm³/mol. The van der Waals surface area contributed by atoms with Gasteiger partial charge in [-0.3, -0.25) is 0 Å². The van der Waals surface area contributed by atoms with Gasteiger partial charge in [0.05, 0.1) is 0 Å². The Balaban J connectivity index is 1.69. The van der Waals surface area contributed by atoms with Crippen LogP contribution in [0.25, 0.3) is 11.1 Å². The van der Waals surface area contributed by atoms with Crippen molar-refractivity contribution >= 4 is 0 Å². The lowest BCUT2D eigenvalue weighted by Crippen LogP contribution is -1.89.